The molecule has 0 aromatic rings. The molecule has 0 radical (unpaired) electrons. The van der Waals surface area contributed by atoms with E-state index in [1.54, 1.807) is 0 Å². The van der Waals surface area contributed by atoms with Gasteiger partial charge in [-0.05, 0) is 0 Å². The summed E-state index contributed by atoms with van der Waals surface area (Å²) < 4.78 is 50.5. The highest BCUT2D eigenvalue weighted by Gasteiger charge is 2.57. The van der Waals surface area contributed by atoms with E-state index in [-0.39, 0.29) is 0 Å². The summed E-state index contributed by atoms with van der Waals surface area (Å²) in [7, 11) is 0. The van der Waals surface area contributed by atoms with Gasteiger partial charge in [-0.15, -0.1) is 0 Å². The smallest absolute Gasteiger partial charge is 0.217 e. The van der Waals surface area contributed by atoms with Crippen LogP contribution in [0.15, 0.2) is 0 Å². The van der Waals surface area contributed by atoms with Crippen molar-refractivity contribution in [2.75, 3.05) is 33.0 Å². The van der Waals surface area contributed by atoms with Crippen LogP contribution in [-0.2, 0) is 47.4 Å². The van der Waals surface area contributed by atoms with Gasteiger partial charge in [-0.25, -0.2) is 0 Å². The molecule has 5 aliphatic rings. The maximum absolute atomic E-state index is 12.4. The van der Waals surface area contributed by atoms with Crippen molar-refractivity contribution in [3.05, 3.63) is 0 Å². The summed E-state index contributed by atoms with van der Waals surface area (Å²) in [5, 5.41) is 169. The lowest BCUT2D eigenvalue weighted by Crippen LogP contribution is -2.70. The first kappa shape index (κ1) is 48.5. The number of aliphatic hydroxyl groups excluding tert-OH is 16. The number of carbonyl (C=O) groups excluding carboxylic acids is 1. The summed E-state index contributed by atoms with van der Waals surface area (Å²) in [6.45, 7) is -3.61. The Morgan fingerprint density at radius 3 is 1.27 bits per heavy atom. The Bertz CT molecular complexity index is 1320. The molecule has 27 heteroatoms. The van der Waals surface area contributed by atoms with E-state index >= 15 is 0 Å². The monoisotopic (exact) mass is 869 g/mol. The van der Waals surface area contributed by atoms with Crippen LogP contribution in [0.1, 0.15) is 6.92 Å². The van der Waals surface area contributed by atoms with Crippen LogP contribution in [0.25, 0.3) is 0 Å². The summed E-state index contributed by atoms with van der Waals surface area (Å²) in [5.41, 5.74) is 0. The first-order valence-corrected chi connectivity index (χ1v) is 18.6. The van der Waals surface area contributed by atoms with Gasteiger partial charge in [-0.2, -0.15) is 0 Å². The van der Waals surface area contributed by atoms with E-state index in [9.17, 15) is 86.5 Å². The average molecular weight is 870 g/mol. The van der Waals surface area contributed by atoms with Gasteiger partial charge in [0, 0.05) is 6.92 Å². The molecule has 5 saturated heterocycles. The van der Waals surface area contributed by atoms with Crippen molar-refractivity contribution >= 4 is 5.91 Å². The molecule has 17 N–H and O–H groups in total. The summed E-state index contributed by atoms with van der Waals surface area (Å²) >= 11 is 0. The van der Waals surface area contributed by atoms with Gasteiger partial charge in [0.2, 0.25) is 5.91 Å². The predicted octanol–water partition coefficient (Wildman–Crippen LogP) is -11.8. The third-order valence-electron chi connectivity index (χ3n) is 10.7. The molecular formula is C32H55NO26. The highest BCUT2D eigenvalue weighted by Crippen LogP contribution is 2.36. The molecule has 1 amide bonds. The topological polar surface area (TPSA) is 436 Å². The Hall–Kier alpha value is -1.53. The van der Waals surface area contributed by atoms with Gasteiger partial charge >= 0.3 is 0 Å². The fraction of sp³-hybridized carbons (Fsp3) is 0.969. The molecule has 0 bridgehead atoms. The zero-order valence-corrected chi connectivity index (χ0v) is 31.2. The van der Waals surface area contributed by atoms with Crippen LogP contribution in [-0.4, -0.2) is 274 Å². The first-order valence-electron chi connectivity index (χ1n) is 18.6. The standard InChI is InChI=1S/C32H55NO26/c1-7(39)33-13-17(43)24(56-30-20(46)18(44)14(40)8(2-34)52-30)11(5-37)55-29(13)59-27-22(48)28(50)51-12(6-38)25(27)57-32-23(49)26(16(42)10(4-36)54-32)58-31-21(47)19(45)15(41)9(3-35)53-31/h8-32,34-38,40-50H,2-6H2,1H3,(H,33,39)/t8-,9-,10-,11-,12-,13-,14+,15+,16+,17-,18+,19+,20-,21-,22-,23-,24-,25-,26+,27-,28?,29+,30+,31-,32+/m1/s1. The molecule has 5 rings (SSSR count). The van der Waals surface area contributed by atoms with Crippen LogP contribution in [0, 0.1) is 0 Å². The van der Waals surface area contributed by atoms with Crippen molar-refractivity contribution in [2.24, 2.45) is 0 Å². The zero-order chi connectivity index (χ0) is 43.6. The molecule has 27 nitrogen and oxygen atoms in total. The average Bonchev–Trinajstić information content (AvgIpc) is 3.21. The Balaban J connectivity index is 1.40. The van der Waals surface area contributed by atoms with E-state index in [1.165, 1.54) is 0 Å². The second-order valence-electron chi connectivity index (χ2n) is 14.7. The van der Waals surface area contributed by atoms with Gasteiger partial charge in [0.25, 0.3) is 0 Å². The highest BCUT2D eigenvalue weighted by molar-refractivity contribution is 5.73. The fourth-order valence-corrected chi connectivity index (χ4v) is 7.42. The Morgan fingerprint density at radius 2 is 0.797 bits per heavy atom. The number of nitrogens with one attached hydrogen (secondary N) is 1. The molecule has 0 spiro atoms. The van der Waals surface area contributed by atoms with E-state index in [2.05, 4.69) is 5.32 Å². The minimum Gasteiger partial charge on any atom is -0.394 e. The van der Waals surface area contributed by atoms with Gasteiger partial charge in [-0.3, -0.25) is 4.79 Å². The van der Waals surface area contributed by atoms with Gasteiger partial charge in [-0.1, -0.05) is 0 Å². The maximum atomic E-state index is 12.4. The van der Waals surface area contributed by atoms with Gasteiger partial charge in [0.15, 0.2) is 31.5 Å². The summed E-state index contributed by atoms with van der Waals surface area (Å²) in [5.74, 6) is -0.813. The summed E-state index contributed by atoms with van der Waals surface area (Å²) in [6.07, 6.45) is -44.7. The van der Waals surface area contributed by atoms with Crippen molar-refractivity contribution in [2.45, 2.75) is 160 Å². The number of aliphatic hydroxyl groups is 16. The summed E-state index contributed by atoms with van der Waals surface area (Å²) in [4.78, 5) is 12.4. The van der Waals surface area contributed by atoms with Gasteiger partial charge < -0.3 is 130 Å². The largest absolute Gasteiger partial charge is 0.394 e. The molecule has 5 heterocycles. The normalized spacial score (nSPS) is 51.0. The Kier molecular flexibility index (Phi) is 17.1. The molecule has 59 heavy (non-hydrogen) atoms. The molecule has 344 valence electrons. The third kappa shape index (κ3) is 10.2. The van der Waals surface area contributed by atoms with Crippen LogP contribution in [0.3, 0.4) is 0 Å². The molecule has 5 aliphatic heterocycles. The molecule has 1 unspecified atom stereocenters. The number of amides is 1. The van der Waals surface area contributed by atoms with E-state index < -0.39 is 192 Å². The molecule has 0 aromatic carbocycles. The van der Waals surface area contributed by atoms with E-state index in [1.807, 2.05) is 0 Å². The lowest BCUT2D eigenvalue weighted by molar-refractivity contribution is -0.393. The molecule has 0 aromatic heterocycles. The first-order chi connectivity index (χ1) is 27.9. The zero-order valence-electron chi connectivity index (χ0n) is 31.2. The SMILES string of the molecule is CC(=O)N[C@H]1[C@H](O[C@H]2[C@H](O[C@@H]3O[C@H](CO)[C@H](O)[C@H](O[C@H]4O[C@H](CO)[C@H](O)[C@H](O)[C@H]4O)[C@H]3O)[C@@H](CO)OC(O)[C@@H]2O)O[C@H](CO)[C@@H](O[C@@H]2O[C@H](CO)[C@H](O)[C@H](O)[C@H]2O)[C@@H]1O. The molecule has 25 atom stereocenters. The predicted molar refractivity (Wildman–Crippen MR) is 178 cm³/mol. The number of hydrogen-bond acceptors (Lipinski definition) is 26. The highest BCUT2D eigenvalue weighted by atomic mass is 16.8. The number of carbonyl (C=O) groups is 1. The van der Waals surface area contributed by atoms with E-state index in [0.717, 1.165) is 6.92 Å². The van der Waals surface area contributed by atoms with Crippen molar-refractivity contribution in [3.63, 3.8) is 0 Å². The van der Waals surface area contributed by atoms with Crippen molar-refractivity contribution in [1.29, 1.82) is 0 Å². The van der Waals surface area contributed by atoms with E-state index in [4.69, 9.17) is 42.6 Å². The second kappa shape index (κ2) is 20.8. The lowest BCUT2D eigenvalue weighted by atomic mass is 9.94. The van der Waals surface area contributed by atoms with Crippen LogP contribution in [0.5, 0.6) is 0 Å². The quantitative estimate of drug-likeness (QED) is 0.0770. The fourth-order valence-electron chi connectivity index (χ4n) is 7.42. The Morgan fingerprint density at radius 1 is 0.407 bits per heavy atom. The van der Waals surface area contributed by atoms with Crippen LogP contribution in [0.4, 0.5) is 0 Å². The van der Waals surface area contributed by atoms with Crippen molar-refractivity contribution < 1.29 is 129 Å². The Labute approximate surface area is 333 Å². The van der Waals surface area contributed by atoms with Crippen LogP contribution in [0.2, 0.25) is 0 Å². The van der Waals surface area contributed by atoms with Crippen molar-refractivity contribution in [3.8, 4) is 0 Å². The van der Waals surface area contributed by atoms with Crippen LogP contribution < -0.4 is 5.32 Å². The molecule has 5 fully saturated rings. The second-order valence-corrected chi connectivity index (χ2v) is 14.7. The third-order valence-corrected chi connectivity index (χ3v) is 10.7. The number of ether oxygens (including phenoxy) is 9. The molecule has 0 saturated carbocycles. The van der Waals surface area contributed by atoms with Gasteiger partial charge in [0.1, 0.15) is 122 Å². The number of rotatable bonds is 14. The van der Waals surface area contributed by atoms with Crippen LogP contribution >= 0.6 is 0 Å². The minimum absolute atomic E-state index is 0.813. The minimum atomic E-state index is -2.14. The summed E-state index contributed by atoms with van der Waals surface area (Å²) in [6, 6.07) is -1.72. The van der Waals surface area contributed by atoms with E-state index in [0.29, 0.717) is 0 Å². The number of hydrogen-bond donors (Lipinski definition) is 17. The maximum Gasteiger partial charge on any atom is 0.217 e. The molecule has 0 aliphatic carbocycles. The van der Waals surface area contributed by atoms with Gasteiger partial charge in [0.05, 0.1) is 33.0 Å². The molecular weight excluding hydrogens is 814 g/mol. The lowest BCUT2D eigenvalue weighted by Gasteiger charge is -2.50. The van der Waals surface area contributed by atoms with Crippen molar-refractivity contribution in [1.82, 2.24) is 5.32 Å².